The summed E-state index contributed by atoms with van der Waals surface area (Å²) in [4.78, 5) is 4.19. The summed E-state index contributed by atoms with van der Waals surface area (Å²) in [5.74, 6) is 1.63. The van der Waals surface area contributed by atoms with E-state index in [1.807, 2.05) is 29.2 Å². The van der Waals surface area contributed by atoms with Crippen molar-refractivity contribution < 1.29 is 8.83 Å². The molecule has 5 heteroatoms. The molecule has 2 unspecified atom stereocenters. The Hall–Kier alpha value is -4.45. The van der Waals surface area contributed by atoms with Crippen LogP contribution in [0.5, 0.6) is 0 Å². The molecule has 0 saturated carbocycles. The highest BCUT2D eigenvalue weighted by Crippen LogP contribution is 2.50. The summed E-state index contributed by atoms with van der Waals surface area (Å²) in [5, 5.41) is 7.84. The van der Waals surface area contributed by atoms with Crippen molar-refractivity contribution in [2.75, 3.05) is 5.32 Å². The van der Waals surface area contributed by atoms with Gasteiger partial charge in [-0.1, -0.05) is 66.8 Å². The summed E-state index contributed by atoms with van der Waals surface area (Å²) >= 11 is 3.91. The van der Waals surface area contributed by atoms with Crippen molar-refractivity contribution in [3.05, 3.63) is 146 Å². The van der Waals surface area contributed by atoms with E-state index in [-0.39, 0.29) is 0 Å². The number of para-hydroxylation sites is 2. The molecule has 4 heterocycles. The molecule has 0 bridgehead atoms. The number of nitrogens with one attached hydrogen (secondary N) is 1. The average molecular weight is 676 g/mol. The second kappa shape index (κ2) is 12.2. The third-order valence-corrected chi connectivity index (χ3v) is 13.3. The Morgan fingerprint density at radius 1 is 0.755 bits per heavy atom. The molecular weight excluding hydrogens is 639 g/mol. The zero-order chi connectivity index (χ0) is 32.3. The van der Waals surface area contributed by atoms with Crippen LogP contribution in [0.2, 0.25) is 0 Å². The van der Waals surface area contributed by atoms with Gasteiger partial charge in [0.2, 0.25) is 0 Å². The van der Waals surface area contributed by atoms with Gasteiger partial charge in [-0.3, -0.25) is 0 Å². The van der Waals surface area contributed by atoms with Gasteiger partial charge in [0.25, 0.3) is 0 Å². The van der Waals surface area contributed by atoms with E-state index in [2.05, 4.69) is 108 Å². The lowest BCUT2D eigenvalue weighted by Gasteiger charge is -2.20. The van der Waals surface area contributed by atoms with Crippen LogP contribution in [0.15, 0.2) is 112 Å². The lowest BCUT2D eigenvalue weighted by Crippen LogP contribution is -2.25. The number of benzene rings is 3. The van der Waals surface area contributed by atoms with Crippen molar-refractivity contribution in [3.63, 3.8) is 0 Å². The van der Waals surface area contributed by atoms with Crippen molar-refractivity contribution in [1.82, 2.24) is 0 Å². The van der Waals surface area contributed by atoms with E-state index in [1.165, 1.54) is 77.2 Å². The highest BCUT2D eigenvalue weighted by Gasteiger charge is 2.29. The molecule has 10 rings (SSSR count). The Morgan fingerprint density at radius 3 is 2.57 bits per heavy atom. The first kappa shape index (κ1) is 29.5. The average Bonchev–Trinajstić information content (AvgIpc) is 3.97. The minimum Gasteiger partial charge on any atom is -0.460 e. The van der Waals surface area contributed by atoms with E-state index in [9.17, 15) is 0 Å². The molecule has 3 aromatic carbocycles. The summed E-state index contributed by atoms with van der Waals surface area (Å²) in [6.07, 6.45) is 20.5. The first-order valence-corrected chi connectivity index (χ1v) is 19.4. The van der Waals surface area contributed by atoms with Crippen LogP contribution in [0.1, 0.15) is 88.3 Å². The number of furan rings is 2. The molecule has 3 nitrogen and oxygen atoms in total. The van der Waals surface area contributed by atoms with E-state index in [1.54, 1.807) is 0 Å². The number of hydrogen-bond acceptors (Lipinski definition) is 5. The van der Waals surface area contributed by atoms with Crippen LogP contribution in [0.3, 0.4) is 0 Å². The third kappa shape index (κ3) is 5.26. The quantitative estimate of drug-likeness (QED) is 0.191. The van der Waals surface area contributed by atoms with Gasteiger partial charge in [0.05, 0.1) is 5.92 Å². The largest absolute Gasteiger partial charge is 0.460 e. The second-order valence-electron chi connectivity index (χ2n) is 13.7. The van der Waals surface area contributed by atoms with Crippen LogP contribution in [0, 0.1) is 0 Å². The number of hydrogen-bond donors (Lipinski definition) is 1. The summed E-state index contributed by atoms with van der Waals surface area (Å²) < 4.78 is 12.8. The van der Waals surface area contributed by atoms with Crippen LogP contribution in [-0.2, 0) is 6.42 Å². The number of fused-ring (bicyclic) bond motifs is 6. The smallest absolute Gasteiger partial charge is 0.139 e. The molecule has 6 aromatic rings. The highest BCUT2D eigenvalue weighted by molar-refractivity contribution is 8.08. The fourth-order valence-corrected chi connectivity index (χ4v) is 10.7. The van der Waals surface area contributed by atoms with Gasteiger partial charge in [-0.2, -0.15) is 0 Å². The Balaban J connectivity index is 0.809. The Kier molecular flexibility index (Phi) is 7.31. The van der Waals surface area contributed by atoms with Gasteiger partial charge in [-0.25, -0.2) is 0 Å². The van der Waals surface area contributed by atoms with Crippen LogP contribution in [0.25, 0.3) is 44.6 Å². The van der Waals surface area contributed by atoms with Crippen molar-refractivity contribution in [2.24, 2.45) is 0 Å². The topological polar surface area (TPSA) is 38.3 Å². The van der Waals surface area contributed by atoms with Gasteiger partial charge in [-0.05, 0) is 105 Å². The standard InChI is InChI=1S/C44H37NO2S2/c1-3-13-37-31(7-1)33-9-5-11-35(43(33)46-37)41-25-23-39(48-41)27-15-19-29(20-16-27)45-30-21-17-28(18-22-30)40-24-26-42(49-40)36-12-6-10-34-32-8-2-4-14-38(32)47-44(34)36/h1,3,5,7-9,11,13-17,19-21,23-24,26,36,41,45H,2,4,6,10,12,18,22,25H2. The van der Waals surface area contributed by atoms with Crippen molar-refractivity contribution in [1.29, 1.82) is 0 Å². The molecule has 49 heavy (non-hydrogen) atoms. The van der Waals surface area contributed by atoms with E-state index in [4.69, 9.17) is 8.83 Å². The van der Waals surface area contributed by atoms with Crippen LogP contribution in [0.4, 0.5) is 5.69 Å². The maximum Gasteiger partial charge on any atom is 0.139 e. The van der Waals surface area contributed by atoms with Crippen molar-refractivity contribution >= 4 is 73.4 Å². The predicted octanol–water partition coefficient (Wildman–Crippen LogP) is 11.5. The second-order valence-corrected chi connectivity index (χ2v) is 16.0. The summed E-state index contributed by atoms with van der Waals surface area (Å²) in [6.45, 7) is 0. The predicted molar refractivity (Wildman–Crippen MR) is 207 cm³/mol. The number of rotatable bonds is 6. The van der Waals surface area contributed by atoms with Gasteiger partial charge < -0.3 is 14.2 Å². The van der Waals surface area contributed by atoms with Crippen molar-refractivity contribution in [3.8, 4) is 0 Å². The molecule has 4 aliphatic rings. The minimum absolute atomic E-state index is 0.359. The fraction of sp³-hybridized carbons (Fsp3) is 0.227. The third-order valence-electron chi connectivity index (χ3n) is 10.7. The lowest BCUT2D eigenvalue weighted by atomic mass is 9.86. The monoisotopic (exact) mass is 675 g/mol. The number of allylic oxidation sites excluding steroid dienone is 5. The summed E-state index contributed by atoms with van der Waals surface area (Å²) in [5.41, 5.74) is 11.0. The summed E-state index contributed by atoms with van der Waals surface area (Å²) in [6, 6.07) is 28.6. The normalized spacial score (nSPS) is 20.2. The zero-order valence-corrected chi connectivity index (χ0v) is 29.0. The number of thioether (sulfide) groups is 1. The fourth-order valence-electron chi connectivity index (χ4n) is 8.18. The van der Waals surface area contributed by atoms with Gasteiger partial charge in [-0.15, -0.1) is 23.1 Å². The molecule has 0 amide bonds. The SMILES string of the molecule is C1=C(Nc2ccc(C3=CCC(c4cccc5c4oc4ccccc45)S3)cc2)CCC(c2ccc(C3CCCc4c3oc3c4=CCCC=3)s2)=C1. The molecule has 0 fully saturated rings. The summed E-state index contributed by atoms with van der Waals surface area (Å²) in [7, 11) is 0. The van der Waals surface area contributed by atoms with Gasteiger partial charge in [0, 0.05) is 58.4 Å². The minimum atomic E-state index is 0.359. The first-order valence-electron chi connectivity index (χ1n) is 17.7. The van der Waals surface area contributed by atoms with E-state index < -0.39 is 0 Å². The molecule has 3 aromatic heterocycles. The van der Waals surface area contributed by atoms with Crippen LogP contribution < -0.4 is 16.0 Å². The highest BCUT2D eigenvalue weighted by atomic mass is 32.2. The molecule has 1 N–H and O–H groups in total. The number of anilines is 1. The lowest BCUT2D eigenvalue weighted by molar-refractivity contribution is 0.429. The molecule has 0 radical (unpaired) electrons. The Labute approximate surface area is 294 Å². The van der Waals surface area contributed by atoms with Gasteiger partial charge in [0.1, 0.15) is 22.3 Å². The van der Waals surface area contributed by atoms with Crippen LogP contribution >= 0.6 is 23.1 Å². The molecule has 0 spiro atoms. The van der Waals surface area contributed by atoms with Crippen LogP contribution in [-0.4, -0.2) is 0 Å². The van der Waals surface area contributed by atoms with Gasteiger partial charge >= 0.3 is 0 Å². The molecule has 0 saturated heterocycles. The molecule has 3 aliphatic carbocycles. The number of thiophene rings is 1. The Morgan fingerprint density at radius 2 is 1.65 bits per heavy atom. The van der Waals surface area contributed by atoms with E-state index in [0.29, 0.717) is 11.2 Å². The zero-order valence-electron chi connectivity index (χ0n) is 27.3. The maximum atomic E-state index is 6.48. The molecule has 2 atom stereocenters. The maximum absolute atomic E-state index is 6.48. The Bertz CT molecular complexity index is 2470. The van der Waals surface area contributed by atoms with E-state index in [0.717, 1.165) is 60.8 Å². The molecule has 1 aliphatic heterocycles. The van der Waals surface area contributed by atoms with Gasteiger partial charge in [0.15, 0.2) is 0 Å². The first-order chi connectivity index (χ1) is 24.2. The molecular formula is C44H37NO2S2. The van der Waals surface area contributed by atoms with Crippen molar-refractivity contribution in [2.45, 2.75) is 62.5 Å². The molecule has 242 valence electrons. The van der Waals surface area contributed by atoms with E-state index >= 15 is 0 Å².